The molecule has 1 atom stereocenters. The highest BCUT2D eigenvalue weighted by Crippen LogP contribution is 2.27. The van der Waals surface area contributed by atoms with Crippen molar-refractivity contribution in [2.75, 3.05) is 11.1 Å². The zero-order chi connectivity index (χ0) is 11.4. The van der Waals surface area contributed by atoms with Gasteiger partial charge in [-0.1, -0.05) is 6.42 Å². The van der Waals surface area contributed by atoms with Crippen molar-refractivity contribution in [3.8, 4) is 0 Å². The van der Waals surface area contributed by atoms with Crippen molar-refractivity contribution in [3.63, 3.8) is 0 Å². The summed E-state index contributed by atoms with van der Waals surface area (Å²) in [5.41, 5.74) is 0.797. The van der Waals surface area contributed by atoms with Crippen LogP contribution in [-0.4, -0.2) is 21.9 Å². The maximum Gasteiger partial charge on any atom is 0.237 e. The van der Waals surface area contributed by atoms with Crippen LogP contribution in [-0.2, 0) is 4.79 Å². The summed E-state index contributed by atoms with van der Waals surface area (Å²) in [7, 11) is 0. The third-order valence-corrected chi connectivity index (χ3v) is 4.51. The van der Waals surface area contributed by atoms with Gasteiger partial charge in [-0.15, -0.1) is 11.8 Å². The zero-order valence-corrected chi connectivity index (χ0v) is 11.2. The third kappa shape index (κ3) is 2.98. The number of hydrogen-bond donors (Lipinski definition) is 1. The van der Waals surface area contributed by atoms with Crippen molar-refractivity contribution in [3.05, 3.63) is 22.9 Å². The monoisotopic (exact) mass is 300 g/mol. The smallest absolute Gasteiger partial charge is 0.237 e. The second-order valence-corrected chi connectivity index (χ2v) is 5.86. The molecule has 1 fully saturated rings. The van der Waals surface area contributed by atoms with Gasteiger partial charge in [-0.25, -0.2) is 0 Å². The van der Waals surface area contributed by atoms with Gasteiger partial charge in [0.1, 0.15) is 0 Å². The molecule has 0 bridgehead atoms. The molecule has 0 spiro atoms. The number of rotatable bonds is 2. The van der Waals surface area contributed by atoms with Gasteiger partial charge in [-0.3, -0.25) is 9.78 Å². The van der Waals surface area contributed by atoms with E-state index in [2.05, 4.69) is 26.2 Å². The number of aromatic nitrogens is 1. The Labute approximate surface area is 108 Å². The Hall–Kier alpha value is -0.550. The SMILES string of the molecule is O=C(Nc1ccncc1Br)C1CCCCS1. The number of thioether (sulfide) groups is 1. The van der Waals surface area contributed by atoms with Crippen LogP contribution in [0.25, 0.3) is 0 Å². The van der Waals surface area contributed by atoms with E-state index in [1.54, 1.807) is 30.2 Å². The minimum atomic E-state index is 0.105. The maximum atomic E-state index is 11.9. The van der Waals surface area contributed by atoms with E-state index in [1.807, 2.05) is 0 Å². The molecule has 1 amide bonds. The molecule has 2 heterocycles. The number of amides is 1. The summed E-state index contributed by atoms with van der Waals surface area (Å²) >= 11 is 5.12. The van der Waals surface area contributed by atoms with E-state index in [4.69, 9.17) is 0 Å². The average molecular weight is 301 g/mol. The van der Waals surface area contributed by atoms with Gasteiger partial charge in [0.2, 0.25) is 5.91 Å². The molecule has 0 radical (unpaired) electrons. The fourth-order valence-electron chi connectivity index (χ4n) is 1.64. The van der Waals surface area contributed by atoms with Crippen LogP contribution in [0.4, 0.5) is 5.69 Å². The molecule has 3 nitrogen and oxygen atoms in total. The molecule has 0 aromatic carbocycles. The number of anilines is 1. The molecule has 1 N–H and O–H groups in total. The zero-order valence-electron chi connectivity index (χ0n) is 8.78. The van der Waals surface area contributed by atoms with Gasteiger partial charge < -0.3 is 5.32 Å². The van der Waals surface area contributed by atoms with Crippen LogP contribution in [0.1, 0.15) is 19.3 Å². The van der Waals surface area contributed by atoms with Crippen molar-refractivity contribution < 1.29 is 4.79 Å². The lowest BCUT2D eigenvalue weighted by molar-refractivity contribution is -0.115. The van der Waals surface area contributed by atoms with Crippen molar-refractivity contribution in [2.45, 2.75) is 24.5 Å². The van der Waals surface area contributed by atoms with Crippen LogP contribution in [0.5, 0.6) is 0 Å². The average Bonchev–Trinajstić information content (AvgIpc) is 2.33. The fraction of sp³-hybridized carbons (Fsp3) is 0.455. The number of pyridine rings is 1. The second-order valence-electron chi connectivity index (χ2n) is 3.70. The topological polar surface area (TPSA) is 42.0 Å². The number of nitrogens with zero attached hydrogens (tertiary/aromatic N) is 1. The van der Waals surface area contributed by atoms with E-state index in [1.165, 1.54) is 6.42 Å². The van der Waals surface area contributed by atoms with Crippen molar-refractivity contribution in [2.24, 2.45) is 0 Å². The predicted molar refractivity (Wildman–Crippen MR) is 70.7 cm³/mol. The predicted octanol–water partition coefficient (Wildman–Crippen LogP) is 3.07. The van der Waals surface area contributed by atoms with Gasteiger partial charge in [0.25, 0.3) is 0 Å². The first-order chi connectivity index (χ1) is 7.77. The number of carbonyl (C=O) groups is 1. The number of nitrogens with one attached hydrogen (secondary N) is 1. The van der Waals surface area contributed by atoms with Gasteiger partial charge in [0, 0.05) is 12.4 Å². The molecule has 0 aliphatic carbocycles. The Morgan fingerprint density at radius 3 is 3.12 bits per heavy atom. The summed E-state index contributed by atoms with van der Waals surface area (Å²) in [6, 6.07) is 1.80. The fourth-order valence-corrected chi connectivity index (χ4v) is 3.19. The highest BCUT2D eigenvalue weighted by molar-refractivity contribution is 9.10. The van der Waals surface area contributed by atoms with E-state index >= 15 is 0 Å². The lowest BCUT2D eigenvalue weighted by atomic mass is 10.2. The van der Waals surface area contributed by atoms with Crippen LogP contribution >= 0.6 is 27.7 Å². The standard InChI is InChI=1S/C11H13BrN2OS/c12-8-7-13-5-4-9(8)14-11(15)10-3-1-2-6-16-10/h4-5,7,10H,1-3,6H2,(H,13,14,15). The summed E-state index contributed by atoms with van der Waals surface area (Å²) in [5, 5.41) is 3.04. The normalized spacial score (nSPS) is 20.4. The Kier molecular flexibility index (Phi) is 4.23. The summed E-state index contributed by atoms with van der Waals surface area (Å²) in [6.45, 7) is 0. The first kappa shape index (κ1) is 11.9. The van der Waals surface area contributed by atoms with Crippen LogP contribution in [0, 0.1) is 0 Å². The van der Waals surface area contributed by atoms with Crippen LogP contribution in [0.15, 0.2) is 22.9 Å². The van der Waals surface area contributed by atoms with E-state index in [-0.39, 0.29) is 11.2 Å². The first-order valence-corrected chi connectivity index (χ1v) is 7.13. The van der Waals surface area contributed by atoms with Crippen molar-refractivity contribution in [1.82, 2.24) is 4.98 Å². The Balaban J connectivity index is 1.99. The van der Waals surface area contributed by atoms with E-state index in [0.717, 1.165) is 28.8 Å². The van der Waals surface area contributed by atoms with Gasteiger partial charge in [-0.2, -0.15) is 0 Å². The Bertz CT molecular complexity index is 380. The van der Waals surface area contributed by atoms with Gasteiger partial charge in [0.15, 0.2) is 0 Å². The molecule has 1 aliphatic rings. The van der Waals surface area contributed by atoms with Crippen molar-refractivity contribution in [1.29, 1.82) is 0 Å². The van der Waals surface area contributed by atoms with E-state index < -0.39 is 0 Å². The Morgan fingerprint density at radius 2 is 2.44 bits per heavy atom. The highest BCUT2D eigenvalue weighted by Gasteiger charge is 2.22. The molecule has 0 saturated carbocycles. The van der Waals surface area contributed by atoms with E-state index in [9.17, 15) is 4.79 Å². The summed E-state index contributed by atoms with van der Waals surface area (Å²) in [6.07, 6.45) is 6.73. The number of halogens is 1. The summed E-state index contributed by atoms with van der Waals surface area (Å²) < 4.78 is 0.823. The molecule has 1 aromatic heterocycles. The molecule has 86 valence electrons. The molecule has 1 aliphatic heterocycles. The molecule has 1 saturated heterocycles. The molecular weight excluding hydrogens is 288 g/mol. The second kappa shape index (κ2) is 5.68. The summed E-state index contributed by atoms with van der Waals surface area (Å²) in [4.78, 5) is 15.9. The lowest BCUT2D eigenvalue weighted by Gasteiger charge is -2.20. The molecular formula is C11H13BrN2OS. The van der Waals surface area contributed by atoms with Gasteiger partial charge in [0.05, 0.1) is 15.4 Å². The first-order valence-electron chi connectivity index (χ1n) is 5.29. The largest absolute Gasteiger partial charge is 0.324 e. The van der Waals surface area contributed by atoms with Crippen LogP contribution in [0.3, 0.4) is 0 Å². The lowest BCUT2D eigenvalue weighted by Crippen LogP contribution is -2.27. The molecule has 1 aromatic rings. The summed E-state index contributed by atoms with van der Waals surface area (Å²) in [5.74, 6) is 1.20. The van der Waals surface area contributed by atoms with Gasteiger partial charge in [-0.05, 0) is 40.6 Å². The minimum Gasteiger partial charge on any atom is -0.324 e. The highest BCUT2D eigenvalue weighted by atomic mass is 79.9. The van der Waals surface area contributed by atoms with Crippen LogP contribution < -0.4 is 5.32 Å². The third-order valence-electron chi connectivity index (χ3n) is 2.50. The number of carbonyl (C=O) groups excluding carboxylic acids is 1. The number of hydrogen-bond acceptors (Lipinski definition) is 3. The molecule has 16 heavy (non-hydrogen) atoms. The Morgan fingerprint density at radius 1 is 1.56 bits per heavy atom. The molecule has 2 rings (SSSR count). The maximum absolute atomic E-state index is 11.9. The molecule has 1 unspecified atom stereocenters. The quantitative estimate of drug-likeness (QED) is 0.913. The van der Waals surface area contributed by atoms with Gasteiger partial charge >= 0.3 is 0 Å². The molecule has 5 heteroatoms. The van der Waals surface area contributed by atoms with Crippen molar-refractivity contribution >= 4 is 39.3 Å². The minimum absolute atomic E-state index is 0.105. The van der Waals surface area contributed by atoms with E-state index in [0.29, 0.717) is 0 Å². The van der Waals surface area contributed by atoms with Crippen LogP contribution in [0.2, 0.25) is 0 Å².